The summed E-state index contributed by atoms with van der Waals surface area (Å²) in [6.45, 7) is 2.39. The molecule has 30 heavy (non-hydrogen) atoms. The zero-order chi connectivity index (χ0) is 21.1. The van der Waals surface area contributed by atoms with Crippen molar-refractivity contribution >= 4 is 28.5 Å². The van der Waals surface area contributed by atoms with Gasteiger partial charge in [0.25, 0.3) is 5.56 Å². The van der Waals surface area contributed by atoms with E-state index in [9.17, 15) is 4.79 Å². The van der Waals surface area contributed by atoms with Crippen LogP contribution in [0.5, 0.6) is 0 Å². The Bertz CT molecular complexity index is 1260. The highest BCUT2D eigenvalue weighted by Gasteiger charge is 2.14. The van der Waals surface area contributed by atoms with E-state index in [0.29, 0.717) is 23.1 Å². The van der Waals surface area contributed by atoms with Crippen molar-refractivity contribution in [2.45, 2.75) is 19.6 Å². The molecule has 4 aromatic rings. The van der Waals surface area contributed by atoms with Crippen molar-refractivity contribution in [2.24, 2.45) is 0 Å². The van der Waals surface area contributed by atoms with Gasteiger partial charge in [0.05, 0.1) is 18.3 Å². The normalized spacial score (nSPS) is 12.1. The summed E-state index contributed by atoms with van der Waals surface area (Å²) in [5, 5.41) is 4.72. The van der Waals surface area contributed by atoms with E-state index >= 15 is 0 Å². The van der Waals surface area contributed by atoms with Crippen LogP contribution in [-0.2, 0) is 11.3 Å². The summed E-state index contributed by atoms with van der Waals surface area (Å²) in [7, 11) is 1.67. The summed E-state index contributed by atoms with van der Waals surface area (Å²) in [5.41, 5.74) is 3.97. The molecule has 0 unspecified atom stereocenters. The van der Waals surface area contributed by atoms with Crippen LogP contribution in [0.15, 0.2) is 65.6 Å². The van der Waals surface area contributed by atoms with Crippen LogP contribution in [0.4, 0.5) is 5.95 Å². The van der Waals surface area contributed by atoms with Gasteiger partial charge in [0, 0.05) is 40.4 Å². The number of halogens is 1. The molecule has 0 bridgehead atoms. The maximum absolute atomic E-state index is 12.6. The number of fused-ring (bicyclic) bond motifs is 1. The number of pyridine rings is 1. The first-order valence-corrected chi connectivity index (χ1v) is 9.92. The average molecular weight is 421 g/mol. The minimum Gasteiger partial charge on any atom is -0.380 e. The van der Waals surface area contributed by atoms with Gasteiger partial charge in [0.15, 0.2) is 0 Å². The first-order chi connectivity index (χ1) is 14.5. The van der Waals surface area contributed by atoms with Gasteiger partial charge in [-0.3, -0.25) is 4.79 Å². The van der Waals surface area contributed by atoms with Gasteiger partial charge in [0.1, 0.15) is 0 Å². The van der Waals surface area contributed by atoms with Gasteiger partial charge in [0.2, 0.25) is 5.95 Å². The van der Waals surface area contributed by atoms with Gasteiger partial charge >= 0.3 is 0 Å². The number of hydrogen-bond donors (Lipinski definition) is 2. The van der Waals surface area contributed by atoms with E-state index in [2.05, 4.69) is 20.3 Å². The van der Waals surface area contributed by atoms with Crippen LogP contribution in [0.2, 0.25) is 5.02 Å². The van der Waals surface area contributed by atoms with E-state index in [1.54, 1.807) is 25.4 Å². The molecule has 0 saturated heterocycles. The second-order valence-electron chi connectivity index (χ2n) is 7.01. The van der Waals surface area contributed by atoms with Gasteiger partial charge in [-0.2, -0.15) is 0 Å². The highest BCUT2D eigenvalue weighted by Crippen LogP contribution is 2.25. The van der Waals surface area contributed by atoms with Crippen LogP contribution in [0, 0.1) is 0 Å². The number of aromatic amines is 1. The van der Waals surface area contributed by atoms with Crippen molar-refractivity contribution in [3.63, 3.8) is 0 Å². The second kappa shape index (κ2) is 8.65. The average Bonchev–Trinajstić information content (AvgIpc) is 2.74. The first kappa shape index (κ1) is 20.1. The quantitative estimate of drug-likeness (QED) is 0.461. The van der Waals surface area contributed by atoms with Crippen molar-refractivity contribution in [3.05, 3.63) is 87.3 Å². The van der Waals surface area contributed by atoms with Crippen molar-refractivity contribution in [1.29, 1.82) is 0 Å². The SMILES string of the molecule is COCc1ccccc1-c1ccnc(N[C@@H](C)c2cc3cc(Cl)ccc3[nH]c2=O)n1. The summed E-state index contributed by atoms with van der Waals surface area (Å²) in [6, 6.07) is 16.7. The molecule has 2 heterocycles. The molecule has 152 valence electrons. The molecule has 2 aromatic carbocycles. The van der Waals surface area contributed by atoms with E-state index in [4.69, 9.17) is 16.3 Å². The predicted octanol–water partition coefficient (Wildman–Crippen LogP) is 4.96. The zero-order valence-corrected chi connectivity index (χ0v) is 17.4. The molecule has 0 aliphatic heterocycles. The predicted molar refractivity (Wildman–Crippen MR) is 120 cm³/mol. The summed E-state index contributed by atoms with van der Waals surface area (Å²) in [5.74, 6) is 0.442. The number of anilines is 1. The van der Waals surface area contributed by atoms with Crippen LogP contribution >= 0.6 is 11.6 Å². The number of benzene rings is 2. The summed E-state index contributed by atoms with van der Waals surface area (Å²) >= 11 is 6.09. The molecule has 2 N–H and O–H groups in total. The molecule has 7 heteroatoms. The van der Waals surface area contributed by atoms with Crippen molar-refractivity contribution < 1.29 is 4.74 Å². The number of nitrogens with zero attached hydrogens (tertiary/aromatic N) is 2. The highest BCUT2D eigenvalue weighted by atomic mass is 35.5. The van der Waals surface area contributed by atoms with Crippen LogP contribution < -0.4 is 10.9 Å². The number of rotatable bonds is 6. The van der Waals surface area contributed by atoms with E-state index in [0.717, 1.165) is 27.7 Å². The van der Waals surface area contributed by atoms with Gasteiger partial charge in [-0.15, -0.1) is 0 Å². The zero-order valence-electron chi connectivity index (χ0n) is 16.6. The Morgan fingerprint density at radius 2 is 2.00 bits per heavy atom. The minimum absolute atomic E-state index is 0.161. The molecular formula is C23H21ClN4O2. The molecule has 0 fully saturated rings. The Kier molecular flexibility index (Phi) is 5.79. The summed E-state index contributed by atoms with van der Waals surface area (Å²) in [6.07, 6.45) is 1.70. The monoisotopic (exact) mass is 420 g/mol. The molecule has 6 nitrogen and oxygen atoms in total. The molecule has 0 saturated carbocycles. The molecular weight excluding hydrogens is 400 g/mol. The largest absolute Gasteiger partial charge is 0.380 e. The van der Waals surface area contributed by atoms with Crippen LogP contribution in [-0.4, -0.2) is 22.1 Å². The number of H-pyrrole nitrogens is 1. The number of ether oxygens (including phenoxy) is 1. The third kappa shape index (κ3) is 4.20. The Morgan fingerprint density at radius 3 is 2.83 bits per heavy atom. The Labute approximate surface area is 178 Å². The third-order valence-electron chi connectivity index (χ3n) is 4.90. The van der Waals surface area contributed by atoms with Crippen molar-refractivity contribution in [3.8, 4) is 11.3 Å². The fourth-order valence-electron chi connectivity index (χ4n) is 3.42. The minimum atomic E-state index is -0.304. The first-order valence-electron chi connectivity index (χ1n) is 9.54. The molecule has 0 spiro atoms. The summed E-state index contributed by atoms with van der Waals surface area (Å²) in [4.78, 5) is 24.4. The van der Waals surface area contributed by atoms with Gasteiger partial charge in [-0.05, 0) is 42.8 Å². The molecule has 0 aliphatic carbocycles. The topological polar surface area (TPSA) is 79.9 Å². The summed E-state index contributed by atoms with van der Waals surface area (Å²) < 4.78 is 5.29. The van der Waals surface area contributed by atoms with Gasteiger partial charge in [-0.25, -0.2) is 9.97 Å². The number of hydrogen-bond acceptors (Lipinski definition) is 5. The van der Waals surface area contributed by atoms with Crippen molar-refractivity contribution in [1.82, 2.24) is 15.0 Å². The maximum atomic E-state index is 12.6. The fourth-order valence-corrected chi connectivity index (χ4v) is 3.60. The van der Waals surface area contributed by atoms with Gasteiger partial charge < -0.3 is 15.0 Å². The number of aromatic nitrogens is 3. The van der Waals surface area contributed by atoms with Crippen LogP contribution in [0.1, 0.15) is 24.1 Å². The van der Waals surface area contributed by atoms with Crippen LogP contribution in [0.3, 0.4) is 0 Å². The Hall–Kier alpha value is -3.22. The Morgan fingerprint density at radius 1 is 1.17 bits per heavy atom. The third-order valence-corrected chi connectivity index (χ3v) is 5.13. The van der Waals surface area contributed by atoms with E-state index in [-0.39, 0.29) is 11.6 Å². The van der Waals surface area contributed by atoms with E-state index in [1.807, 2.05) is 49.4 Å². The van der Waals surface area contributed by atoms with E-state index < -0.39 is 0 Å². The highest BCUT2D eigenvalue weighted by molar-refractivity contribution is 6.31. The molecule has 0 aliphatic rings. The molecule has 2 aromatic heterocycles. The lowest BCUT2D eigenvalue weighted by molar-refractivity contribution is 0.185. The standard InChI is InChI=1S/C23H21ClN4O2/c1-14(19-12-16-11-17(24)7-8-20(16)27-22(19)29)26-23-25-10-9-21(28-23)18-6-4-3-5-15(18)13-30-2/h3-12,14H,13H2,1-2H3,(H,27,29)(H,25,26,28)/t14-/m0/s1. The lowest BCUT2D eigenvalue weighted by atomic mass is 10.1. The smallest absolute Gasteiger partial charge is 0.253 e. The van der Waals surface area contributed by atoms with Crippen molar-refractivity contribution in [2.75, 3.05) is 12.4 Å². The second-order valence-corrected chi connectivity index (χ2v) is 7.44. The lowest BCUT2D eigenvalue weighted by Gasteiger charge is -2.15. The number of methoxy groups -OCH3 is 1. The lowest BCUT2D eigenvalue weighted by Crippen LogP contribution is -2.20. The molecule has 4 rings (SSSR count). The number of nitrogens with one attached hydrogen (secondary N) is 2. The molecule has 0 amide bonds. The molecule has 0 radical (unpaired) electrons. The molecule has 1 atom stereocenters. The maximum Gasteiger partial charge on any atom is 0.253 e. The Balaban J connectivity index is 1.64. The van der Waals surface area contributed by atoms with Crippen LogP contribution in [0.25, 0.3) is 22.2 Å². The fraction of sp³-hybridized carbons (Fsp3) is 0.174. The van der Waals surface area contributed by atoms with E-state index in [1.165, 1.54) is 0 Å². The van der Waals surface area contributed by atoms with Gasteiger partial charge in [-0.1, -0.05) is 35.9 Å².